The first kappa shape index (κ1) is 16.2. The molecule has 1 aromatic heterocycles. The zero-order valence-electron chi connectivity index (χ0n) is 11.2. The van der Waals surface area contributed by atoms with Gasteiger partial charge in [-0.1, -0.05) is 11.8 Å². The summed E-state index contributed by atoms with van der Waals surface area (Å²) < 4.78 is 0.898. The molecule has 1 fully saturated rings. The molecule has 4 N–H and O–H groups in total. The molecule has 1 heterocycles. The van der Waals surface area contributed by atoms with Crippen molar-refractivity contribution in [3.63, 3.8) is 0 Å². The van der Waals surface area contributed by atoms with Crippen molar-refractivity contribution in [1.29, 1.82) is 0 Å². The second-order valence-electron chi connectivity index (χ2n) is 4.87. The number of nitrogens with one attached hydrogen (secondary N) is 1. The normalized spacial score (nSPS) is 29.7. The molecule has 0 radical (unpaired) electrons. The van der Waals surface area contributed by atoms with Gasteiger partial charge in [-0.3, -0.25) is 0 Å². The molecular weight excluding hydrogens is 393 g/mol. The molecule has 4 atom stereocenters. The highest BCUT2D eigenvalue weighted by molar-refractivity contribution is 14.1. The Morgan fingerprint density at radius 2 is 2.05 bits per heavy atom. The topological polar surface area (TPSA) is 98.5 Å². The van der Waals surface area contributed by atoms with Crippen molar-refractivity contribution in [1.82, 2.24) is 9.97 Å². The summed E-state index contributed by atoms with van der Waals surface area (Å²) in [6, 6.07) is -0.320. The van der Waals surface area contributed by atoms with Crippen LogP contribution in [0.1, 0.15) is 12.1 Å². The van der Waals surface area contributed by atoms with Crippen LogP contribution < -0.4 is 5.32 Å². The molecule has 0 saturated heterocycles. The van der Waals surface area contributed by atoms with E-state index in [0.29, 0.717) is 17.4 Å². The quantitative estimate of drug-likeness (QED) is 0.328. The van der Waals surface area contributed by atoms with Crippen LogP contribution >= 0.6 is 34.4 Å². The van der Waals surface area contributed by atoms with Crippen LogP contribution in [0, 0.1) is 16.4 Å². The summed E-state index contributed by atoms with van der Waals surface area (Å²) in [6.07, 6.45) is 0.600. The third kappa shape index (κ3) is 3.19. The van der Waals surface area contributed by atoms with E-state index in [1.54, 1.807) is 0 Å². The van der Waals surface area contributed by atoms with Gasteiger partial charge < -0.3 is 20.6 Å². The number of anilines is 1. The highest BCUT2D eigenvalue weighted by Gasteiger charge is 2.41. The van der Waals surface area contributed by atoms with Crippen molar-refractivity contribution in [2.24, 2.45) is 5.92 Å². The van der Waals surface area contributed by atoms with Gasteiger partial charge in [0.1, 0.15) is 11.9 Å². The first-order chi connectivity index (χ1) is 9.47. The first-order valence-corrected chi connectivity index (χ1v) is 8.60. The fraction of sp³-hybridized carbons (Fsp3) is 0.667. The van der Waals surface area contributed by atoms with E-state index >= 15 is 0 Å². The van der Waals surface area contributed by atoms with E-state index in [0.717, 1.165) is 9.26 Å². The van der Waals surface area contributed by atoms with Crippen molar-refractivity contribution in [3.8, 4) is 0 Å². The minimum atomic E-state index is -0.907. The SMILES string of the molecule is CSc1nc(C)c(I)c(N[C@@H]2C[C@H](CO)[C@@H](O)[C@H]2O)n1. The molecule has 1 aliphatic carbocycles. The van der Waals surface area contributed by atoms with E-state index in [9.17, 15) is 15.3 Å². The minimum Gasteiger partial charge on any atom is -0.396 e. The molecule has 1 aromatic rings. The van der Waals surface area contributed by atoms with Gasteiger partial charge in [0.25, 0.3) is 0 Å². The Labute approximate surface area is 135 Å². The summed E-state index contributed by atoms with van der Waals surface area (Å²) >= 11 is 3.61. The van der Waals surface area contributed by atoms with E-state index in [1.165, 1.54) is 11.8 Å². The Morgan fingerprint density at radius 1 is 1.35 bits per heavy atom. The maximum absolute atomic E-state index is 10.0. The number of nitrogens with zero attached hydrogens (tertiary/aromatic N) is 2. The number of halogens is 1. The number of rotatable bonds is 4. The number of aryl methyl sites for hydroxylation is 1. The molecule has 20 heavy (non-hydrogen) atoms. The minimum absolute atomic E-state index is 0.133. The average molecular weight is 411 g/mol. The summed E-state index contributed by atoms with van der Waals surface area (Å²) in [5, 5.41) is 32.9. The highest BCUT2D eigenvalue weighted by atomic mass is 127. The second kappa shape index (κ2) is 6.73. The molecule has 8 heteroatoms. The second-order valence-corrected chi connectivity index (χ2v) is 6.72. The van der Waals surface area contributed by atoms with Crippen molar-refractivity contribution in [2.75, 3.05) is 18.2 Å². The van der Waals surface area contributed by atoms with Crippen LogP contribution in [-0.2, 0) is 0 Å². The van der Waals surface area contributed by atoms with Crippen LogP contribution in [0.4, 0.5) is 5.82 Å². The Morgan fingerprint density at radius 3 is 2.60 bits per heavy atom. The molecule has 0 spiro atoms. The number of hydrogen-bond donors (Lipinski definition) is 4. The summed E-state index contributed by atoms with van der Waals surface area (Å²) in [6.45, 7) is 1.77. The van der Waals surface area contributed by atoms with Gasteiger partial charge >= 0.3 is 0 Å². The van der Waals surface area contributed by atoms with Gasteiger partial charge in [0.05, 0.1) is 21.4 Å². The lowest BCUT2D eigenvalue weighted by Gasteiger charge is -2.20. The predicted molar refractivity (Wildman–Crippen MR) is 85.9 cm³/mol. The number of aliphatic hydroxyl groups excluding tert-OH is 3. The molecule has 0 unspecified atom stereocenters. The van der Waals surface area contributed by atoms with Crippen LogP contribution in [0.3, 0.4) is 0 Å². The molecule has 6 nitrogen and oxygen atoms in total. The van der Waals surface area contributed by atoms with Gasteiger partial charge in [-0.2, -0.15) is 0 Å². The largest absolute Gasteiger partial charge is 0.396 e. The number of thioether (sulfide) groups is 1. The molecule has 2 rings (SSSR count). The van der Waals surface area contributed by atoms with E-state index in [2.05, 4.69) is 37.9 Å². The Hall–Kier alpha value is -0.160. The van der Waals surface area contributed by atoms with Gasteiger partial charge in [-0.25, -0.2) is 9.97 Å². The van der Waals surface area contributed by atoms with Gasteiger partial charge in [-0.05, 0) is 42.2 Å². The standard InChI is InChI=1S/C12H18IN3O3S/c1-5-8(13)11(16-12(14-5)20-2)15-7-3-6(4-17)9(18)10(7)19/h6-7,9-10,17-19H,3-4H2,1-2H3,(H,14,15,16)/t6-,7-,9-,10+/m1/s1. The number of aliphatic hydroxyl groups is 3. The van der Waals surface area contributed by atoms with Crippen molar-refractivity contribution in [2.45, 2.75) is 36.8 Å². The van der Waals surface area contributed by atoms with E-state index in [4.69, 9.17) is 0 Å². The average Bonchev–Trinajstić information content (AvgIpc) is 2.71. The summed E-state index contributed by atoms with van der Waals surface area (Å²) in [7, 11) is 0. The van der Waals surface area contributed by atoms with Crippen molar-refractivity contribution in [3.05, 3.63) is 9.26 Å². The maximum Gasteiger partial charge on any atom is 0.189 e. The monoisotopic (exact) mass is 411 g/mol. The summed E-state index contributed by atoms with van der Waals surface area (Å²) in [5.41, 5.74) is 0.874. The lowest BCUT2D eigenvalue weighted by Crippen LogP contribution is -2.35. The van der Waals surface area contributed by atoms with Crippen molar-refractivity contribution >= 4 is 40.2 Å². The fourth-order valence-electron chi connectivity index (χ4n) is 2.34. The summed E-state index contributed by atoms with van der Waals surface area (Å²) in [4.78, 5) is 8.75. The summed E-state index contributed by atoms with van der Waals surface area (Å²) in [5.74, 6) is 0.361. The van der Waals surface area contributed by atoms with Crippen LogP contribution in [-0.4, -0.2) is 56.4 Å². The third-order valence-corrected chi connectivity index (χ3v) is 5.38. The predicted octanol–water partition coefficient (Wildman–Crippen LogP) is 0.626. The van der Waals surface area contributed by atoms with Crippen LogP contribution in [0.5, 0.6) is 0 Å². The Bertz CT molecular complexity index is 491. The molecule has 0 aliphatic heterocycles. The lowest BCUT2D eigenvalue weighted by molar-refractivity contribution is 0.00444. The van der Waals surface area contributed by atoms with Gasteiger partial charge in [0.15, 0.2) is 5.16 Å². The molecule has 0 amide bonds. The van der Waals surface area contributed by atoms with Crippen LogP contribution in [0.2, 0.25) is 0 Å². The molecule has 0 aromatic carbocycles. The van der Waals surface area contributed by atoms with E-state index in [-0.39, 0.29) is 18.6 Å². The zero-order valence-corrected chi connectivity index (χ0v) is 14.2. The molecule has 112 valence electrons. The smallest absolute Gasteiger partial charge is 0.189 e. The van der Waals surface area contributed by atoms with E-state index in [1.807, 2.05) is 13.2 Å². The van der Waals surface area contributed by atoms with Crippen LogP contribution in [0.15, 0.2) is 5.16 Å². The van der Waals surface area contributed by atoms with Gasteiger partial charge in [-0.15, -0.1) is 0 Å². The fourth-order valence-corrected chi connectivity index (χ4v) is 3.15. The zero-order chi connectivity index (χ0) is 14.9. The number of aromatic nitrogens is 2. The Balaban J connectivity index is 2.20. The molecule has 1 aliphatic rings. The Kier molecular flexibility index (Phi) is 5.46. The van der Waals surface area contributed by atoms with Gasteiger partial charge in [0, 0.05) is 12.5 Å². The van der Waals surface area contributed by atoms with Crippen LogP contribution in [0.25, 0.3) is 0 Å². The molecule has 1 saturated carbocycles. The van der Waals surface area contributed by atoms with Gasteiger partial charge in [0.2, 0.25) is 0 Å². The third-order valence-electron chi connectivity index (χ3n) is 3.54. The maximum atomic E-state index is 10.0. The molecule has 0 bridgehead atoms. The first-order valence-electron chi connectivity index (χ1n) is 6.29. The highest BCUT2D eigenvalue weighted by Crippen LogP contribution is 2.30. The molecular formula is C12H18IN3O3S. The van der Waals surface area contributed by atoms with Crippen molar-refractivity contribution < 1.29 is 15.3 Å². The lowest BCUT2D eigenvalue weighted by atomic mass is 10.1. The van der Waals surface area contributed by atoms with E-state index < -0.39 is 12.2 Å². The number of hydrogen-bond acceptors (Lipinski definition) is 7.